The summed E-state index contributed by atoms with van der Waals surface area (Å²) in [6, 6.07) is 76.5. The number of hydrogen-bond donors (Lipinski definition) is 0. The predicted molar refractivity (Wildman–Crippen MR) is 242 cm³/mol. The minimum atomic E-state index is 1.22. The number of benzene rings is 12. The first-order chi connectivity index (χ1) is 27.8. The van der Waals surface area contributed by atoms with Crippen molar-refractivity contribution in [3.63, 3.8) is 0 Å². The van der Waals surface area contributed by atoms with Gasteiger partial charge in [0.2, 0.25) is 0 Å². The molecule has 0 saturated carbocycles. The van der Waals surface area contributed by atoms with Gasteiger partial charge in [-0.15, -0.1) is 0 Å². The van der Waals surface area contributed by atoms with E-state index in [0.29, 0.717) is 0 Å². The van der Waals surface area contributed by atoms with E-state index in [9.17, 15) is 0 Å². The molecule has 0 aromatic heterocycles. The minimum Gasteiger partial charge on any atom is -0.0622 e. The third kappa shape index (κ3) is 4.42. The van der Waals surface area contributed by atoms with Gasteiger partial charge in [0.05, 0.1) is 0 Å². The second kappa shape index (κ2) is 12.1. The van der Waals surface area contributed by atoms with Crippen molar-refractivity contribution in [3.05, 3.63) is 206 Å². The van der Waals surface area contributed by atoms with Gasteiger partial charge in [-0.05, 0) is 132 Å². The fraction of sp³-hybridized carbons (Fsp3) is 0. The van der Waals surface area contributed by atoms with Crippen molar-refractivity contribution < 1.29 is 0 Å². The highest BCUT2D eigenvalue weighted by atomic mass is 14.3. The maximum Gasteiger partial charge on any atom is -0.00134 e. The number of rotatable bonds is 4. The van der Waals surface area contributed by atoms with Crippen LogP contribution in [0.3, 0.4) is 0 Å². The van der Waals surface area contributed by atoms with E-state index in [1.54, 1.807) is 0 Å². The summed E-state index contributed by atoms with van der Waals surface area (Å²) in [7, 11) is 0. The molecular weight excluding hydrogens is 673 g/mol. The summed E-state index contributed by atoms with van der Waals surface area (Å²) < 4.78 is 0. The van der Waals surface area contributed by atoms with Crippen LogP contribution in [0, 0.1) is 0 Å². The van der Waals surface area contributed by atoms with Gasteiger partial charge in [-0.2, -0.15) is 0 Å². The second-order valence-corrected chi connectivity index (χ2v) is 15.1. The lowest BCUT2D eigenvalue weighted by Crippen LogP contribution is -1.96. The Labute approximate surface area is 324 Å². The third-order valence-corrected chi connectivity index (χ3v) is 12.2. The van der Waals surface area contributed by atoms with Crippen LogP contribution in [-0.2, 0) is 0 Å². The van der Waals surface area contributed by atoms with Gasteiger partial charge < -0.3 is 0 Å². The molecule has 0 bridgehead atoms. The number of fused-ring (bicyclic) bond motifs is 7. The molecule has 0 heterocycles. The molecule has 0 radical (unpaired) electrons. The van der Waals surface area contributed by atoms with Gasteiger partial charge in [0.25, 0.3) is 0 Å². The molecule has 0 heteroatoms. The Bertz CT molecular complexity index is 3490. The summed E-state index contributed by atoms with van der Waals surface area (Å²) in [5.41, 5.74) is 9.99. The average Bonchev–Trinajstić information content (AvgIpc) is 3.27. The molecule has 0 saturated heterocycles. The molecule has 12 rings (SSSR count). The lowest BCUT2D eigenvalue weighted by atomic mass is 9.79. The van der Waals surface area contributed by atoms with Gasteiger partial charge in [-0.25, -0.2) is 0 Å². The predicted octanol–water partition coefficient (Wildman–Crippen LogP) is 15.9. The monoisotopic (exact) mass is 706 g/mol. The van der Waals surface area contributed by atoms with E-state index >= 15 is 0 Å². The van der Waals surface area contributed by atoms with Crippen LogP contribution < -0.4 is 0 Å². The van der Waals surface area contributed by atoms with E-state index in [4.69, 9.17) is 0 Å². The van der Waals surface area contributed by atoms with E-state index in [-0.39, 0.29) is 0 Å². The Balaban J connectivity index is 1.33. The molecule has 12 aromatic rings. The van der Waals surface area contributed by atoms with E-state index in [1.807, 2.05) is 0 Å². The van der Waals surface area contributed by atoms with Crippen LogP contribution in [0.4, 0.5) is 0 Å². The van der Waals surface area contributed by atoms with Gasteiger partial charge >= 0.3 is 0 Å². The lowest BCUT2D eigenvalue weighted by molar-refractivity contribution is 1.62. The molecule has 0 amide bonds. The van der Waals surface area contributed by atoms with Crippen molar-refractivity contribution in [1.82, 2.24) is 0 Å². The van der Waals surface area contributed by atoms with Crippen molar-refractivity contribution in [1.29, 1.82) is 0 Å². The molecule has 12 aromatic carbocycles. The van der Waals surface area contributed by atoms with Gasteiger partial charge in [0, 0.05) is 0 Å². The molecular formula is C56H34. The van der Waals surface area contributed by atoms with Crippen LogP contribution in [0.1, 0.15) is 0 Å². The van der Waals surface area contributed by atoms with E-state index < -0.39 is 0 Å². The Morgan fingerprint density at radius 2 is 0.661 bits per heavy atom. The quantitative estimate of drug-likeness (QED) is 0.126. The summed E-state index contributed by atoms with van der Waals surface area (Å²) in [5.74, 6) is 0. The molecule has 258 valence electrons. The van der Waals surface area contributed by atoms with Crippen molar-refractivity contribution in [2.45, 2.75) is 0 Å². The maximum absolute atomic E-state index is 2.48. The summed E-state index contributed by atoms with van der Waals surface area (Å²) >= 11 is 0. The van der Waals surface area contributed by atoms with Crippen LogP contribution >= 0.6 is 0 Å². The molecule has 0 aliphatic carbocycles. The van der Waals surface area contributed by atoms with E-state index in [0.717, 1.165) is 0 Å². The van der Waals surface area contributed by atoms with E-state index in [1.165, 1.54) is 120 Å². The van der Waals surface area contributed by atoms with Gasteiger partial charge in [0.1, 0.15) is 0 Å². The molecule has 0 aliphatic rings. The topological polar surface area (TPSA) is 0 Å². The Kier molecular flexibility index (Phi) is 6.73. The summed E-state index contributed by atoms with van der Waals surface area (Å²) in [6.07, 6.45) is 0. The Morgan fingerprint density at radius 3 is 1.38 bits per heavy atom. The standard InChI is InChI=1S/C56H34/c1-4-17-35(18-5-1)39-31-32-47-54-44-28-15-14-27-43(44)52(45-29-16-30-46(55(45)54)53-40-24-11-10-23-38(40)33-49(39)56(47)53)50-34-48(36-19-6-2-7-20-36)41-25-12-13-26-42(41)51(50)37-21-8-3-9-22-37/h1-34H. The first-order valence-electron chi connectivity index (χ1n) is 19.5. The molecule has 0 spiro atoms. The minimum absolute atomic E-state index is 1.22. The zero-order chi connectivity index (χ0) is 36.7. The largest absolute Gasteiger partial charge is 0.0622 e. The first kappa shape index (κ1) is 31.1. The molecule has 0 fully saturated rings. The van der Waals surface area contributed by atoms with Crippen LogP contribution in [0.2, 0.25) is 0 Å². The van der Waals surface area contributed by atoms with Crippen molar-refractivity contribution >= 4 is 75.4 Å². The highest BCUT2D eigenvalue weighted by Crippen LogP contribution is 2.53. The molecule has 0 aliphatic heterocycles. The molecule has 0 N–H and O–H groups in total. The molecule has 56 heavy (non-hydrogen) atoms. The normalized spacial score (nSPS) is 11.9. The summed E-state index contributed by atoms with van der Waals surface area (Å²) in [4.78, 5) is 0. The Hall–Kier alpha value is -7.28. The molecule has 0 atom stereocenters. The van der Waals surface area contributed by atoms with E-state index in [2.05, 4.69) is 206 Å². The first-order valence-corrected chi connectivity index (χ1v) is 19.5. The van der Waals surface area contributed by atoms with Crippen LogP contribution in [-0.4, -0.2) is 0 Å². The second-order valence-electron chi connectivity index (χ2n) is 15.1. The fourth-order valence-electron chi connectivity index (χ4n) is 9.89. The lowest BCUT2D eigenvalue weighted by Gasteiger charge is -2.24. The Morgan fingerprint density at radius 1 is 0.196 bits per heavy atom. The zero-order valence-corrected chi connectivity index (χ0v) is 30.6. The fourth-order valence-corrected chi connectivity index (χ4v) is 9.89. The SMILES string of the molecule is c1ccc(-c2cc(-c3c4ccccc4c4c5ccc(-c6ccccc6)c6cc7ccccc7c(c7cccc3c74)c65)c(-c3ccccc3)c3ccccc23)cc1. The van der Waals surface area contributed by atoms with Crippen molar-refractivity contribution in [3.8, 4) is 44.5 Å². The van der Waals surface area contributed by atoms with Crippen molar-refractivity contribution in [2.75, 3.05) is 0 Å². The molecule has 0 unspecified atom stereocenters. The smallest absolute Gasteiger partial charge is 0.00134 e. The number of hydrogen-bond acceptors (Lipinski definition) is 0. The average molecular weight is 707 g/mol. The van der Waals surface area contributed by atoms with Gasteiger partial charge in [-0.1, -0.05) is 194 Å². The van der Waals surface area contributed by atoms with Crippen LogP contribution in [0.5, 0.6) is 0 Å². The van der Waals surface area contributed by atoms with Crippen LogP contribution in [0.15, 0.2) is 206 Å². The third-order valence-electron chi connectivity index (χ3n) is 12.2. The van der Waals surface area contributed by atoms with Crippen molar-refractivity contribution in [2.24, 2.45) is 0 Å². The van der Waals surface area contributed by atoms with Gasteiger partial charge in [0.15, 0.2) is 0 Å². The maximum atomic E-state index is 2.48. The molecule has 0 nitrogen and oxygen atoms in total. The van der Waals surface area contributed by atoms with Crippen LogP contribution in [0.25, 0.3) is 120 Å². The highest BCUT2D eigenvalue weighted by molar-refractivity contribution is 6.44. The van der Waals surface area contributed by atoms with Gasteiger partial charge in [-0.3, -0.25) is 0 Å². The highest BCUT2D eigenvalue weighted by Gasteiger charge is 2.25. The summed E-state index contributed by atoms with van der Waals surface area (Å²) in [5, 5.41) is 18.1. The summed E-state index contributed by atoms with van der Waals surface area (Å²) in [6.45, 7) is 0. The zero-order valence-electron chi connectivity index (χ0n) is 30.6.